The molecule has 2 aromatic rings. The summed E-state index contributed by atoms with van der Waals surface area (Å²) in [6, 6.07) is 17.8. The quantitative estimate of drug-likeness (QED) is 0.165. The van der Waals surface area contributed by atoms with E-state index in [0.717, 1.165) is 49.8 Å². The largest absolute Gasteiger partial charge is 0.427 e. The number of amides is 1. The second kappa shape index (κ2) is 14.2. The Morgan fingerprint density at radius 3 is 1.94 bits per heavy atom. The van der Waals surface area contributed by atoms with E-state index in [0.29, 0.717) is 17.7 Å². The lowest BCUT2D eigenvalue weighted by Gasteiger charge is -2.06. The first-order valence-electron chi connectivity index (χ1n) is 11.4. The van der Waals surface area contributed by atoms with Gasteiger partial charge in [0.15, 0.2) is 0 Å². The SMILES string of the molecule is C=C(C)C(=O)NCCCCCCCCCCC(=O)Oc1ccc(-c2ccccc2)cc1. The number of unbranched alkanes of at least 4 members (excludes halogenated alkanes) is 7. The van der Waals surface area contributed by atoms with E-state index >= 15 is 0 Å². The van der Waals surface area contributed by atoms with Gasteiger partial charge in [-0.15, -0.1) is 0 Å². The molecule has 0 fully saturated rings. The molecule has 0 aliphatic rings. The van der Waals surface area contributed by atoms with Crippen molar-refractivity contribution in [2.45, 2.75) is 64.7 Å². The lowest BCUT2D eigenvalue weighted by atomic mass is 10.1. The van der Waals surface area contributed by atoms with Gasteiger partial charge in [-0.25, -0.2) is 0 Å². The standard InChI is InChI=1S/C27H35NO3/c1-22(2)27(30)28-21-13-8-6-4-3-5-7-12-16-26(29)31-25-19-17-24(18-20-25)23-14-10-9-11-15-23/h9-11,14-15,17-20H,1,3-8,12-13,16,21H2,2H3,(H,28,30). The number of rotatable bonds is 14. The van der Waals surface area contributed by atoms with E-state index in [4.69, 9.17) is 4.74 Å². The molecule has 2 rings (SSSR count). The van der Waals surface area contributed by atoms with Gasteiger partial charge in [0, 0.05) is 18.5 Å². The van der Waals surface area contributed by atoms with Crippen molar-refractivity contribution >= 4 is 11.9 Å². The van der Waals surface area contributed by atoms with Gasteiger partial charge in [0.2, 0.25) is 5.91 Å². The second-order valence-electron chi connectivity index (χ2n) is 7.98. The van der Waals surface area contributed by atoms with Crippen LogP contribution in [-0.4, -0.2) is 18.4 Å². The summed E-state index contributed by atoms with van der Waals surface area (Å²) in [6.45, 7) is 6.07. The van der Waals surface area contributed by atoms with Crippen LogP contribution in [0.4, 0.5) is 0 Å². The minimum atomic E-state index is -0.163. The van der Waals surface area contributed by atoms with Crippen molar-refractivity contribution in [2.24, 2.45) is 0 Å². The maximum absolute atomic E-state index is 12.0. The zero-order chi connectivity index (χ0) is 22.3. The van der Waals surface area contributed by atoms with E-state index < -0.39 is 0 Å². The summed E-state index contributed by atoms with van der Waals surface area (Å²) >= 11 is 0. The van der Waals surface area contributed by atoms with Gasteiger partial charge in [-0.3, -0.25) is 9.59 Å². The Kier molecular flexibility index (Phi) is 11.2. The van der Waals surface area contributed by atoms with E-state index in [-0.39, 0.29) is 11.9 Å². The first-order valence-corrected chi connectivity index (χ1v) is 11.4. The van der Waals surface area contributed by atoms with Gasteiger partial charge in [-0.1, -0.05) is 87.6 Å². The van der Waals surface area contributed by atoms with E-state index in [1.807, 2.05) is 42.5 Å². The molecule has 0 unspecified atom stereocenters. The van der Waals surface area contributed by atoms with Crippen LogP contribution in [0.2, 0.25) is 0 Å². The molecule has 0 radical (unpaired) electrons. The molecular formula is C27H35NO3. The van der Waals surface area contributed by atoms with E-state index in [1.54, 1.807) is 6.92 Å². The minimum absolute atomic E-state index is 0.0530. The molecule has 2 aromatic carbocycles. The first-order chi connectivity index (χ1) is 15.1. The van der Waals surface area contributed by atoms with Gasteiger partial charge in [-0.2, -0.15) is 0 Å². The van der Waals surface area contributed by atoms with Gasteiger partial charge in [0.25, 0.3) is 0 Å². The Labute approximate surface area is 186 Å². The van der Waals surface area contributed by atoms with Crippen molar-refractivity contribution in [3.8, 4) is 16.9 Å². The van der Waals surface area contributed by atoms with Gasteiger partial charge < -0.3 is 10.1 Å². The monoisotopic (exact) mass is 421 g/mol. The van der Waals surface area contributed by atoms with Crippen LogP contribution in [0.25, 0.3) is 11.1 Å². The molecule has 4 heteroatoms. The average Bonchev–Trinajstić information content (AvgIpc) is 2.78. The normalized spacial score (nSPS) is 10.5. The van der Waals surface area contributed by atoms with E-state index in [9.17, 15) is 9.59 Å². The summed E-state index contributed by atoms with van der Waals surface area (Å²) in [7, 11) is 0. The molecule has 166 valence electrons. The zero-order valence-corrected chi connectivity index (χ0v) is 18.7. The Bertz CT molecular complexity index is 812. The lowest BCUT2D eigenvalue weighted by Crippen LogP contribution is -2.24. The number of benzene rings is 2. The summed E-state index contributed by atoms with van der Waals surface area (Å²) in [5.74, 6) is 0.385. The van der Waals surface area contributed by atoms with E-state index in [1.165, 1.54) is 19.3 Å². The van der Waals surface area contributed by atoms with Crippen LogP contribution < -0.4 is 10.1 Å². The molecule has 1 amide bonds. The molecule has 0 atom stereocenters. The van der Waals surface area contributed by atoms with Crippen LogP contribution >= 0.6 is 0 Å². The number of esters is 1. The highest BCUT2D eigenvalue weighted by atomic mass is 16.5. The molecule has 0 saturated carbocycles. The molecule has 0 saturated heterocycles. The Balaban J connectivity index is 1.47. The molecule has 0 aliphatic heterocycles. The summed E-state index contributed by atoms with van der Waals surface area (Å²) in [5, 5.41) is 2.86. The molecule has 31 heavy (non-hydrogen) atoms. The van der Waals surface area contributed by atoms with Gasteiger partial charge >= 0.3 is 5.97 Å². The first kappa shape index (κ1) is 24.4. The van der Waals surface area contributed by atoms with Gasteiger partial charge in [0.1, 0.15) is 5.75 Å². The average molecular weight is 422 g/mol. The molecule has 0 bridgehead atoms. The van der Waals surface area contributed by atoms with Crippen LogP contribution in [0.3, 0.4) is 0 Å². The molecule has 0 heterocycles. The fourth-order valence-corrected chi connectivity index (χ4v) is 3.34. The predicted octanol–water partition coefficient (Wildman–Crippen LogP) is 6.46. The molecule has 1 N–H and O–H groups in total. The van der Waals surface area contributed by atoms with Crippen LogP contribution in [-0.2, 0) is 9.59 Å². The Morgan fingerprint density at radius 2 is 1.32 bits per heavy atom. The van der Waals surface area contributed by atoms with Crippen molar-refractivity contribution in [3.63, 3.8) is 0 Å². The van der Waals surface area contributed by atoms with Crippen LogP contribution in [0.5, 0.6) is 5.75 Å². The van der Waals surface area contributed by atoms with E-state index in [2.05, 4.69) is 24.0 Å². The van der Waals surface area contributed by atoms with Crippen molar-refractivity contribution in [3.05, 3.63) is 66.7 Å². The number of ether oxygens (including phenoxy) is 1. The fraction of sp³-hybridized carbons (Fsp3) is 0.407. The number of carbonyl (C=O) groups is 2. The Morgan fingerprint density at radius 1 is 0.774 bits per heavy atom. The van der Waals surface area contributed by atoms with Crippen molar-refractivity contribution in [2.75, 3.05) is 6.54 Å². The highest BCUT2D eigenvalue weighted by molar-refractivity contribution is 5.92. The highest BCUT2D eigenvalue weighted by Crippen LogP contribution is 2.22. The van der Waals surface area contributed by atoms with Gasteiger partial charge in [-0.05, 0) is 43.0 Å². The molecular weight excluding hydrogens is 386 g/mol. The Hall–Kier alpha value is -2.88. The molecule has 0 aliphatic carbocycles. The molecule has 4 nitrogen and oxygen atoms in total. The maximum atomic E-state index is 12.0. The maximum Gasteiger partial charge on any atom is 0.311 e. The van der Waals surface area contributed by atoms with Crippen molar-refractivity contribution in [1.82, 2.24) is 5.32 Å². The van der Waals surface area contributed by atoms with Crippen molar-refractivity contribution in [1.29, 1.82) is 0 Å². The third kappa shape index (κ3) is 10.1. The highest BCUT2D eigenvalue weighted by Gasteiger charge is 2.05. The summed E-state index contributed by atoms with van der Waals surface area (Å²) in [6.07, 6.45) is 9.24. The predicted molar refractivity (Wildman–Crippen MR) is 127 cm³/mol. The van der Waals surface area contributed by atoms with Gasteiger partial charge in [0.05, 0.1) is 0 Å². The second-order valence-corrected chi connectivity index (χ2v) is 7.98. The van der Waals surface area contributed by atoms with Crippen LogP contribution in [0.15, 0.2) is 66.7 Å². The fourth-order valence-electron chi connectivity index (χ4n) is 3.34. The molecule has 0 spiro atoms. The number of nitrogens with one attached hydrogen (secondary N) is 1. The smallest absolute Gasteiger partial charge is 0.311 e. The van der Waals surface area contributed by atoms with Crippen molar-refractivity contribution < 1.29 is 14.3 Å². The number of carbonyl (C=O) groups excluding carboxylic acids is 2. The molecule has 0 aromatic heterocycles. The third-order valence-corrected chi connectivity index (χ3v) is 5.17. The summed E-state index contributed by atoms with van der Waals surface area (Å²) in [4.78, 5) is 23.4. The third-order valence-electron chi connectivity index (χ3n) is 5.17. The van der Waals surface area contributed by atoms with Crippen LogP contribution in [0.1, 0.15) is 64.7 Å². The lowest BCUT2D eigenvalue weighted by molar-refractivity contribution is -0.134. The topological polar surface area (TPSA) is 55.4 Å². The number of hydrogen-bond donors (Lipinski definition) is 1. The minimum Gasteiger partial charge on any atom is -0.427 e. The van der Waals surface area contributed by atoms with Crippen LogP contribution in [0, 0.1) is 0 Å². The number of hydrogen-bond acceptors (Lipinski definition) is 3. The summed E-state index contributed by atoms with van der Waals surface area (Å²) in [5.41, 5.74) is 2.82. The summed E-state index contributed by atoms with van der Waals surface area (Å²) < 4.78 is 5.45. The zero-order valence-electron chi connectivity index (χ0n) is 18.7.